The Labute approximate surface area is 103 Å². The Hall–Kier alpha value is -1.62. The maximum atomic E-state index is 10.7. The van der Waals surface area contributed by atoms with Gasteiger partial charge in [-0.2, -0.15) is 0 Å². The Morgan fingerprint density at radius 1 is 1.59 bits per heavy atom. The monoisotopic (exact) mass is 250 g/mol. The fourth-order valence-electron chi connectivity index (χ4n) is 1.71. The van der Waals surface area contributed by atoms with Gasteiger partial charge in [0.2, 0.25) is 0 Å². The number of anilines is 1. The number of rotatable bonds is 5. The molecule has 2 aromatic heterocycles. The molecule has 0 aliphatic carbocycles. The first kappa shape index (κ1) is 11.9. The zero-order valence-electron chi connectivity index (χ0n) is 9.51. The second kappa shape index (κ2) is 5.14. The molecule has 4 nitrogen and oxygen atoms in total. The summed E-state index contributed by atoms with van der Waals surface area (Å²) in [6, 6.07) is 3.89. The average molecular weight is 250 g/mol. The number of aliphatic carboxylic acids is 1. The maximum Gasteiger partial charge on any atom is 0.305 e. The van der Waals surface area contributed by atoms with Gasteiger partial charge in [-0.25, -0.2) is 4.98 Å². The molecule has 5 heteroatoms. The van der Waals surface area contributed by atoms with Gasteiger partial charge in [0.1, 0.15) is 5.82 Å². The minimum absolute atomic E-state index is 0.0782. The first-order valence-corrected chi connectivity index (χ1v) is 6.39. The molecule has 0 amide bonds. The number of carboxylic acid groups (broad SMARTS) is 1. The van der Waals surface area contributed by atoms with Crippen LogP contribution in [0.25, 0.3) is 10.1 Å². The number of carboxylic acids is 1. The van der Waals surface area contributed by atoms with Gasteiger partial charge in [0, 0.05) is 22.3 Å². The van der Waals surface area contributed by atoms with E-state index in [9.17, 15) is 4.79 Å². The summed E-state index contributed by atoms with van der Waals surface area (Å²) in [7, 11) is 0. The number of pyridine rings is 1. The molecule has 1 unspecified atom stereocenters. The number of nitrogens with one attached hydrogen (secondary N) is 1. The molecule has 2 aromatic rings. The fourth-order valence-corrected chi connectivity index (χ4v) is 2.49. The number of fused-ring (bicyclic) bond motifs is 1. The van der Waals surface area contributed by atoms with Crippen molar-refractivity contribution in [3.63, 3.8) is 0 Å². The molecule has 2 heterocycles. The van der Waals surface area contributed by atoms with Gasteiger partial charge in [-0.3, -0.25) is 4.79 Å². The predicted molar refractivity (Wildman–Crippen MR) is 69.6 cm³/mol. The van der Waals surface area contributed by atoms with Crippen LogP contribution in [0.3, 0.4) is 0 Å². The molecule has 0 radical (unpaired) electrons. The number of thiophene rings is 1. The van der Waals surface area contributed by atoms with Gasteiger partial charge in [0.05, 0.1) is 6.42 Å². The van der Waals surface area contributed by atoms with Crippen LogP contribution in [0, 0.1) is 0 Å². The van der Waals surface area contributed by atoms with Gasteiger partial charge in [-0.05, 0) is 23.9 Å². The molecule has 90 valence electrons. The van der Waals surface area contributed by atoms with E-state index in [0.29, 0.717) is 0 Å². The Morgan fingerprint density at radius 2 is 2.41 bits per heavy atom. The molecule has 0 aliphatic rings. The van der Waals surface area contributed by atoms with Gasteiger partial charge < -0.3 is 10.4 Å². The summed E-state index contributed by atoms with van der Waals surface area (Å²) in [6.45, 7) is 1.97. The van der Waals surface area contributed by atoms with Crippen molar-refractivity contribution in [2.45, 2.75) is 25.8 Å². The zero-order valence-corrected chi connectivity index (χ0v) is 10.3. The highest BCUT2D eigenvalue weighted by atomic mass is 32.1. The van der Waals surface area contributed by atoms with Crippen LogP contribution in [0.2, 0.25) is 0 Å². The van der Waals surface area contributed by atoms with E-state index < -0.39 is 5.97 Å². The number of carbonyl (C=O) groups is 1. The summed E-state index contributed by atoms with van der Waals surface area (Å²) in [4.78, 5) is 15.0. The Balaban J connectivity index is 2.21. The molecular formula is C12H14N2O2S. The summed E-state index contributed by atoms with van der Waals surface area (Å²) in [6.07, 6.45) is 2.61. The van der Waals surface area contributed by atoms with E-state index in [-0.39, 0.29) is 12.5 Å². The van der Waals surface area contributed by atoms with Crippen LogP contribution in [-0.4, -0.2) is 22.1 Å². The van der Waals surface area contributed by atoms with Crippen LogP contribution in [0.4, 0.5) is 5.82 Å². The third kappa shape index (κ3) is 2.74. The molecule has 0 saturated heterocycles. The van der Waals surface area contributed by atoms with Crippen LogP contribution < -0.4 is 5.32 Å². The van der Waals surface area contributed by atoms with E-state index in [0.717, 1.165) is 22.3 Å². The van der Waals surface area contributed by atoms with Crippen molar-refractivity contribution in [2.24, 2.45) is 0 Å². The zero-order chi connectivity index (χ0) is 12.3. The van der Waals surface area contributed by atoms with Crippen molar-refractivity contribution in [3.8, 4) is 0 Å². The van der Waals surface area contributed by atoms with Gasteiger partial charge in [0.25, 0.3) is 0 Å². The third-order valence-corrected chi connectivity index (χ3v) is 3.52. The topological polar surface area (TPSA) is 62.2 Å². The van der Waals surface area contributed by atoms with Gasteiger partial charge in [-0.1, -0.05) is 6.92 Å². The lowest BCUT2D eigenvalue weighted by molar-refractivity contribution is -0.137. The number of hydrogen-bond acceptors (Lipinski definition) is 4. The summed E-state index contributed by atoms with van der Waals surface area (Å²) >= 11 is 1.65. The minimum Gasteiger partial charge on any atom is -0.481 e. The van der Waals surface area contributed by atoms with Crippen LogP contribution in [-0.2, 0) is 4.79 Å². The molecule has 2 rings (SSSR count). The van der Waals surface area contributed by atoms with E-state index in [4.69, 9.17) is 5.11 Å². The average Bonchev–Trinajstić information content (AvgIpc) is 2.76. The maximum absolute atomic E-state index is 10.7. The van der Waals surface area contributed by atoms with Crippen LogP contribution in [0.15, 0.2) is 23.7 Å². The van der Waals surface area contributed by atoms with E-state index in [1.807, 2.05) is 24.4 Å². The first-order chi connectivity index (χ1) is 8.20. The van der Waals surface area contributed by atoms with E-state index in [1.165, 1.54) is 0 Å². The SMILES string of the molecule is CCC(CC(=O)O)Nc1nccc2sccc12. The number of hydrogen-bond donors (Lipinski definition) is 2. The largest absolute Gasteiger partial charge is 0.481 e. The Morgan fingerprint density at radius 3 is 3.12 bits per heavy atom. The van der Waals surface area contributed by atoms with Crippen LogP contribution >= 0.6 is 11.3 Å². The highest BCUT2D eigenvalue weighted by Gasteiger charge is 2.13. The summed E-state index contributed by atoms with van der Waals surface area (Å²) in [5, 5.41) is 15.1. The minimum atomic E-state index is -0.790. The van der Waals surface area contributed by atoms with Crippen molar-refractivity contribution in [3.05, 3.63) is 23.7 Å². The standard InChI is InChI=1S/C12H14N2O2S/c1-2-8(7-11(15)16)14-12-9-4-6-17-10(9)3-5-13-12/h3-6,8H,2,7H2,1H3,(H,13,14)(H,15,16). The van der Waals surface area contributed by atoms with Crippen molar-refractivity contribution in [1.82, 2.24) is 4.98 Å². The van der Waals surface area contributed by atoms with Crippen LogP contribution in [0.1, 0.15) is 19.8 Å². The van der Waals surface area contributed by atoms with Crippen molar-refractivity contribution < 1.29 is 9.90 Å². The van der Waals surface area contributed by atoms with Crippen molar-refractivity contribution in [1.29, 1.82) is 0 Å². The second-order valence-corrected chi connectivity index (χ2v) is 4.79. The lowest BCUT2D eigenvalue weighted by Gasteiger charge is -2.15. The third-order valence-electron chi connectivity index (χ3n) is 2.63. The Bertz CT molecular complexity index is 524. The summed E-state index contributed by atoms with van der Waals surface area (Å²) in [5.74, 6) is -0.0151. The lowest BCUT2D eigenvalue weighted by atomic mass is 10.1. The highest BCUT2D eigenvalue weighted by Crippen LogP contribution is 2.26. The molecule has 1 atom stereocenters. The highest BCUT2D eigenvalue weighted by molar-refractivity contribution is 7.17. The van der Waals surface area contributed by atoms with E-state index in [1.54, 1.807) is 17.5 Å². The molecule has 0 aromatic carbocycles. The fraction of sp³-hybridized carbons (Fsp3) is 0.333. The first-order valence-electron chi connectivity index (χ1n) is 5.51. The van der Waals surface area contributed by atoms with Gasteiger partial charge >= 0.3 is 5.97 Å². The molecule has 0 fully saturated rings. The molecule has 0 saturated carbocycles. The van der Waals surface area contributed by atoms with Crippen molar-refractivity contribution >= 4 is 33.2 Å². The van der Waals surface area contributed by atoms with E-state index >= 15 is 0 Å². The molecule has 0 spiro atoms. The lowest BCUT2D eigenvalue weighted by Crippen LogP contribution is -2.22. The molecule has 17 heavy (non-hydrogen) atoms. The predicted octanol–water partition coefficient (Wildman–Crippen LogP) is 2.96. The molecule has 0 aliphatic heterocycles. The Kier molecular flexibility index (Phi) is 3.58. The molecule has 0 bridgehead atoms. The number of aromatic nitrogens is 1. The number of nitrogens with zero attached hydrogens (tertiary/aromatic N) is 1. The molecule has 2 N–H and O–H groups in total. The molecular weight excluding hydrogens is 236 g/mol. The van der Waals surface area contributed by atoms with E-state index in [2.05, 4.69) is 10.3 Å². The quantitative estimate of drug-likeness (QED) is 0.856. The van der Waals surface area contributed by atoms with Crippen molar-refractivity contribution in [2.75, 3.05) is 5.32 Å². The summed E-state index contributed by atoms with van der Waals surface area (Å²) < 4.78 is 1.16. The smallest absolute Gasteiger partial charge is 0.305 e. The normalized spacial score (nSPS) is 12.5. The van der Waals surface area contributed by atoms with Crippen LogP contribution in [0.5, 0.6) is 0 Å². The van der Waals surface area contributed by atoms with Gasteiger partial charge in [-0.15, -0.1) is 11.3 Å². The van der Waals surface area contributed by atoms with Gasteiger partial charge in [0.15, 0.2) is 0 Å². The second-order valence-electron chi connectivity index (χ2n) is 3.84. The summed E-state index contributed by atoms with van der Waals surface area (Å²) in [5.41, 5.74) is 0.